The van der Waals surface area contributed by atoms with Gasteiger partial charge in [-0.3, -0.25) is 4.98 Å². The van der Waals surface area contributed by atoms with Crippen molar-refractivity contribution in [2.24, 2.45) is 0 Å². The number of esters is 1. The average Bonchev–Trinajstić information content (AvgIpc) is 2.38. The van der Waals surface area contributed by atoms with Crippen LogP contribution in [0.15, 0.2) is 18.5 Å². The monoisotopic (exact) mass is 239 g/mol. The first-order valence-corrected chi connectivity index (χ1v) is 5.65. The maximum atomic E-state index is 13.2. The fraction of sp³-hybridized carbons (Fsp3) is 0.500. The predicted molar refractivity (Wildman–Crippen MR) is 58.1 cm³/mol. The van der Waals surface area contributed by atoms with E-state index in [1.807, 2.05) is 0 Å². The SMILES string of the molecule is O=C(OCC1CCCCO1)c1ccncc1F. The van der Waals surface area contributed by atoms with E-state index in [1.54, 1.807) is 0 Å². The lowest BCUT2D eigenvalue weighted by molar-refractivity contribution is -0.0302. The Bertz CT molecular complexity index is 391. The summed E-state index contributed by atoms with van der Waals surface area (Å²) in [6.07, 6.45) is 5.30. The van der Waals surface area contributed by atoms with E-state index in [0.717, 1.165) is 25.5 Å². The summed E-state index contributed by atoms with van der Waals surface area (Å²) >= 11 is 0. The number of hydrogen-bond donors (Lipinski definition) is 0. The Morgan fingerprint density at radius 2 is 2.47 bits per heavy atom. The minimum Gasteiger partial charge on any atom is -0.459 e. The molecule has 1 saturated heterocycles. The molecule has 1 aromatic rings. The molecule has 1 fully saturated rings. The molecule has 0 saturated carbocycles. The zero-order chi connectivity index (χ0) is 12.1. The Morgan fingerprint density at radius 3 is 3.18 bits per heavy atom. The first kappa shape index (κ1) is 12.0. The minimum absolute atomic E-state index is 0.0578. The standard InChI is InChI=1S/C12H14FNO3/c13-11-7-14-5-4-10(11)12(15)17-8-9-3-1-2-6-16-9/h4-5,7,9H,1-3,6,8H2. The van der Waals surface area contributed by atoms with Crippen LogP contribution in [0.5, 0.6) is 0 Å². The van der Waals surface area contributed by atoms with E-state index in [-0.39, 0.29) is 18.3 Å². The number of hydrogen-bond acceptors (Lipinski definition) is 4. The molecule has 2 heterocycles. The van der Waals surface area contributed by atoms with E-state index in [0.29, 0.717) is 6.61 Å². The van der Waals surface area contributed by atoms with Crippen molar-refractivity contribution in [1.82, 2.24) is 4.98 Å². The highest BCUT2D eigenvalue weighted by Gasteiger charge is 2.18. The number of halogens is 1. The van der Waals surface area contributed by atoms with E-state index >= 15 is 0 Å². The van der Waals surface area contributed by atoms with Crippen molar-refractivity contribution in [2.75, 3.05) is 13.2 Å². The van der Waals surface area contributed by atoms with Crippen LogP contribution >= 0.6 is 0 Å². The van der Waals surface area contributed by atoms with Crippen LogP contribution in [-0.2, 0) is 9.47 Å². The Labute approximate surface area is 98.8 Å². The van der Waals surface area contributed by atoms with E-state index in [9.17, 15) is 9.18 Å². The van der Waals surface area contributed by atoms with Gasteiger partial charge in [-0.1, -0.05) is 0 Å². The Morgan fingerprint density at radius 1 is 1.59 bits per heavy atom. The second-order valence-electron chi connectivity index (χ2n) is 3.94. The number of aromatic nitrogens is 1. The molecule has 0 radical (unpaired) electrons. The van der Waals surface area contributed by atoms with E-state index in [4.69, 9.17) is 9.47 Å². The lowest BCUT2D eigenvalue weighted by Crippen LogP contribution is -2.26. The van der Waals surface area contributed by atoms with Gasteiger partial charge in [0, 0.05) is 12.8 Å². The highest BCUT2D eigenvalue weighted by atomic mass is 19.1. The quantitative estimate of drug-likeness (QED) is 0.756. The zero-order valence-corrected chi connectivity index (χ0v) is 9.39. The van der Waals surface area contributed by atoms with Crippen LogP contribution in [0.3, 0.4) is 0 Å². The van der Waals surface area contributed by atoms with Gasteiger partial charge in [-0.05, 0) is 25.3 Å². The van der Waals surface area contributed by atoms with Gasteiger partial charge in [0.25, 0.3) is 0 Å². The van der Waals surface area contributed by atoms with Crippen molar-refractivity contribution in [1.29, 1.82) is 0 Å². The fourth-order valence-corrected chi connectivity index (χ4v) is 1.73. The van der Waals surface area contributed by atoms with Crippen LogP contribution in [0.25, 0.3) is 0 Å². The van der Waals surface area contributed by atoms with Crippen molar-refractivity contribution in [2.45, 2.75) is 25.4 Å². The summed E-state index contributed by atoms with van der Waals surface area (Å²) in [5, 5.41) is 0. The van der Waals surface area contributed by atoms with Crippen molar-refractivity contribution < 1.29 is 18.7 Å². The molecule has 0 spiro atoms. The van der Waals surface area contributed by atoms with Crippen molar-refractivity contribution >= 4 is 5.97 Å². The molecule has 1 unspecified atom stereocenters. The van der Waals surface area contributed by atoms with Gasteiger partial charge < -0.3 is 9.47 Å². The molecule has 92 valence electrons. The van der Waals surface area contributed by atoms with E-state index in [1.165, 1.54) is 12.3 Å². The number of pyridine rings is 1. The van der Waals surface area contributed by atoms with Crippen LogP contribution in [0, 0.1) is 5.82 Å². The second-order valence-corrected chi connectivity index (χ2v) is 3.94. The molecule has 1 aromatic heterocycles. The molecular weight excluding hydrogens is 225 g/mol. The lowest BCUT2D eigenvalue weighted by Gasteiger charge is -2.22. The Balaban J connectivity index is 1.87. The smallest absolute Gasteiger partial charge is 0.341 e. The lowest BCUT2D eigenvalue weighted by atomic mass is 10.1. The molecule has 0 amide bonds. The molecule has 0 aromatic carbocycles. The van der Waals surface area contributed by atoms with Crippen LogP contribution in [0.1, 0.15) is 29.6 Å². The first-order valence-electron chi connectivity index (χ1n) is 5.65. The molecule has 1 aliphatic rings. The van der Waals surface area contributed by atoms with Crippen LogP contribution in [-0.4, -0.2) is 30.3 Å². The van der Waals surface area contributed by atoms with Gasteiger partial charge in [0.1, 0.15) is 6.61 Å². The fourth-order valence-electron chi connectivity index (χ4n) is 1.73. The van der Waals surface area contributed by atoms with Gasteiger partial charge in [0.2, 0.25) is 0 Å². The number of carbonyl (C=O) groups excluding carboxylic acids is 1. The number of ether oxygens (including phenoxy) is 2. The number of carbonyl (C=O) groups is 1. The van der Waals surface area contributed by atoms with Crippen LogP contribution in [0.4, 0.5) is 4.39 Å². The minimum atomic E-state index is -0.668. The summed E-state index contributed by atoms with van der Waals surface area (Å²) in [6.45, 7) is 0.881. The maximum absolute atomic E-state index is 13.2. The predicted octanol–water partition coefficient (Wildman–Crippen LogP) is 1.95. The molecule has 1 aliphatic heterocycles. The van der Waals surface area contributed by atoms with Crippen molar-refractivity contribution in [3.8, 4) is 0 Å². The molecule has 0 N–H and O–H groups in total. The summed E-state index contributed by atoms with van der Waals surface area (Å²) in [6, 6.07) is 1.30. The largest absolute Gasteiger partial charge is 0.459 e. The second kappa shape index (κ2) is 5.72. The van der Waals surface area contributed by atoms with Gasteiger partial charge in [-0.15, -0.1) is 0 Å². The van der Waals surface area contributed by atoms with Crippen molar-refractivity contribution in [3.63, 3.8) is 0 Å². The topological polar surface area (TPSA) is 48.4 Å². The van der Waals surface area contributed by atoms with E-state index in [2.05, 4.69) is 4.98 Å². The molecule has 17 heavy (non-hydrogen) atoms. The summed E-state index contributed by atoms with van der Waals surface area (Å²) in [5.41, 5.74) is -0.0872. The third kappa shape index (κ3) is 3.23. The van der Waals surface area contributed by atoms with Gasteiger partial charge in [-0.2, -0.15) is 0 Å². The first-order chi connectivity index (χ1) is 8.27. The molecule has 0 bridgehead atoms. The van der Waals surface area contributed by atoms with Crippen LogP contribution in [0.2, 0.25) is 0 Å². The molecule has 1 atom stereocenters. The zero-order valence-electron chi connectivity index (χ0n) is 9.39. The maximum Gasteiger partial charge on any atom is 0.341 e. The average molecular weight is 239 g/mol. The van der Waals surface area contributed by atoms with Crippen molar-refractivity contribution in [3.05, 3.63) is 29.8 Å². The Kier molecular flexibility index (Phi) is 4.03. The van der Waals surface area contributed by atoms with Gasteiger partial charge in [-0.25, -0.2) is 9.18 Å². The summed E-state index contributed by atoms with van der Waals surface area (Å²) < 4.78 is 23.6. The highest BCUT2D eigenvalue weighted by molar-refractivity contribution is 5.89. The van der Waals surface area contributed by atoms with Gasteiger partial charge in [0.05, 0.1) is 17.9 Å². The summed E-state index contributed by atoms with van der Waals surface area (Å²) in [7, 11) is 0. The number of nitrogens with zero attached hydrogens (tertiary/aromatic N) is 1. The third-order valence-electron chi connectivity index (χ3n) is 2.67. The van der Waals surface area contributed by atoms with Gasteiger partial charge >= 0.3 is 5.97 Å². The van der Waals surface area contributed by atoms with Crippen LogP contribution < -0.4 is 0 Å². The van der Waals surface area contributed by atoms with E-state index < -0.39 is 11.8 Å². The molecular formula is C12H14FNO3. The molecule has 5 heteroatoms. The Hall–Kier alpha value is -1.49. The normalized spacial score (nSPS) is 19.9. The third-order valence-corrected chi connectivity index (χ3v) is 2.67. The highest BCUT2D eigenvalue weighted by Crippen LogP contribution is 2.14. The summed E-state index contributed by atoms with van der Waals surface area (Å²) in [5.74, 6) is -1.33. The number of rotatable bonds is 3. The molecule has 2 rings (SSSR count). The van der Waals surface area contributed by atoms with Gasteiger partial charge in [0.15, 0.2) is 5.82 Å². The molecule has 4 nitrogen and oxygen atoms in total. The molecule has 0 aliphatic carbocycles. The summed E-state index contributed by atoms with van der Waals surface area (Å²) in [4.78, 5) is 15.1.